The third-order valence-electron chi connectivity index (χ3n) is 2.59. The minimum atomic E-state index is -1.09. The molecule has 1 aromatic rings. The molecule has 1 aliphatic heterocycles. The smallest absolute Gasteiger partial charge is 0.338 e. The molecule has 1 aromatic heterocycles. The van der Waals surface area contributed by atoms with Crippen molar-refractivity contribution in [3.05, 3.63) is 23.7 Å². The number of carbonyl (C=O) groups excluding carboxylic acids is 1. The standard InChI is InChI=1S/C11H13NO4S/c1-7-5-12(2-3-17-7)10(13)9-4-8(6-16-9)11(14)15/h4,6-7H,2-3,5H2,1H3,(H,14,15). The van der Waals surface area contributed by atoms with Crippen molar-refractivity contribution in [3.63, 3.8) is 0 Å². The van der Waals surface area contributed by atoms with Crippen LogP contribution in [0.25, 0.3) is 0 Å². The summed E-state index contributed by atoms with van der Waals surface area (Å²) >= 11 is 1.83. The van der Waals surface area contributed by atoms with E-state index in [9.17, 15) is 9.59 Å². The minimum absolute atomic E-state index is 0.00721. The molecule has 2 rings (SSSR count). The molecule has 92 valence electrons. The fourth-order valence-corrected chi connectivity index (χ4v) is 2.73. The summed E-state index contributed by atoms with van der Waals surface area (Å²) in [6, 6.07) is 1.27. The van der Waals surface area contributed by atoms with Crippen molar-refractivity contribution in [3.8, 4) is 0 Å². The Morgan fingerprint density at radius 3 is 2.94 bits per heavy atom. The normalized spacial score (nSPS) is 20.3. The molecule has 5 nitrogen and oxygen atoms in total. The van der Waals surface area contributed by atoms with E-state index in [0.29, 0.717) is 18.3 Å². The van der Waals surface area contributed by atoms with E-state index in [2.05, 4.69) is 6.92 Å². The van der Waals surface area contributed by atoms with Crippen LogP contribution in [0.15, 0.2) is 16.7 Å². The highest BCUT2D eigenvalue weighted by atomic mass is 32.2. The van der Waals surface area contributed by atoms with Crippen LogP contribution >= 0.6 is 11.8 Å². The largest absolute Gasteiger partial charge is 0.478 e. The van der Waals surface area contributed by atoms with Crippen molar-refractivity contribution in [2.45, 2.75) is 12.2 Å². The molecule has 0 bridgehead atoms. The third-order valence-corrected chi connectivity index (χ3v) is 3.72. The molecule has 17 heavy (non-hydrogen) atoms. The Bertz CT molecular complexity index is 442. The summed E-state index contributed by atoms with van der Waals surface area (Å²) in [5, 5.41) is 9.15. The topological polar surface area (TPSA) is 70.8 Å². The number of amides is 1. The minimum Gasteiger partial charge on any atom is -0.478 e. The molecule has 6 heteroatoms. The number of carboxylic acid groups (broad SMARTS) is 1. The highest BCUT2D eigenvalue weighted by Gasteiger charge is 2.25. The second-order valence-electron chi connectivity index (χ2n) is 3.94. The second kappa shape index (κ2) is 4.83. The maximum absolute atomic E-state index is 12.0. The monoisotopic (exact) mass is 255 g/mol. The molecule has 1 atom stereocenters. The fourth-order valence-electron chi connectivity index (χ4n) is 1.72. The Morgan fingerprint density at radius 2 is 2.35 bits per heavy atom. The predicted molar refractivity (Wildman–Crippen MR) is 63.5 cm³/mol. The van der Waals surface area contributed by atoms with Crippen LogP contribution in [0, 0.1) is 0 Å². The highest BCUT2D eigenvalue weighted by Crippen LogP contribution is 2.20. The van der Waals surface area contributed by atoms with E-state index in [-0.39, 0.29) is 17.2 Å². The number of aromatic carboxylic acids is 1. The van der Waals surface area contributed by atoms with Crippen molar-refractivity contribution >= 4 is 23.6 Å². The average molecular weight is 255 g/mol. The van der Waals surface area contributed by atoms with E-state index < -0.39 is 5.97 Å². The van der Waals surface area contributed by atoms with Gasteiger partial charge in [-0.1, -0.05) is 6.92 Å². The lowest BCUT2D eigenvalue weighted by Crippen LogP contribution is -2.40. The van der Waals surface area contributed by atoms with E-state index in [1.807, 2.05) is 11.8 Å². The highest BCUT2D eigenvalue weighted by molar-refractivity contribution is 7.99. The van der Waals surface area contributed by atoms with Crippen LogP contribution in [-0.4, -0.2) is 46.0 Å². The van der Waals surface area contributed by atoms with E-state index in [1.54, 1.807) is 4.90 Å². The van der Waals surface area contributed by atoms with E-state index in [1.165, 1.54) is 6.07 Å². The fraction of sp³-hybridized carbons (Fsp3) is 0.455. The number of rotatable bonds is 2. The molecule has 0 aliphatic carbocycles. The zero-order valence-corrected chi connectivity index (χ0v) is 10.2. The summed E-state index contributed by atoms with van der Waals surface area (Å²) < 4.78 is 5.00. The maximum Gasteiger partial charge on any atom is 0.338 e. The molecular weight excluding hydrogens is 242 g/mol. The van der Waals surface area contributed by atoms with Crippen molar-refractivity contribution < 1.29 is 19.1 Å². The van der Waals surface area contributed by atoms with Gasteiger partial charge in [0.05, 0.1) is 5.56 Å². The number of carboxylic acids is 1. The molecule has 0 spiro atoms. The van der Waals surface area contributed by atoms with Gasteiger partial charge in [-0.25, -0.2) is 4.79 Å². The summed E-state index contributed by atoms with van der Waals surface area (Å²) in [7, 11) is 0. The lowest BCUT2D eigenvalue weighted by Gasteiger charge is -2.29. The van der Waals surface area contributed by atoms with Crippen LogP contribution < -0.4 is 0 Å². The molecule has 0 saturated carbocycles. The van der Waals surface area contributed by atoms with Crippen molar-refractivity contribution in [1.29, 1.82) is 0 Å². The quantitative estimate of drug-likeness (QED) is 0.868. The number of hydrogen-bond donors (Lipinski definition) is 1. The summed E-state index contributed by atoms with van der Waals surface area (Å²) in [6.45, 7) is 3.42. The first-order valence-corrected chi connectivity index (χ1v) is 6.35. The van der Waals surface area contributed by atoms with E-state index in [0.717, 1.165) is 12.0 Å². The average Bonchev–Trinajstić information content (AvgIpc) is 2.77. The van der Waals surface area contributed by atoms with Crippen LogP contribution in [0.4, 0.5) is 0 Å². The third kappa shape index (κ3) is 2.63. The van der Waals surface area contributed by atoms with Gasteiger partial charge in [0.15, 0.2) is 5.76 Å². The summed E-state index contributed by atoms with van der Waals surface area (Å²) in [6.07, 6.45) is 1.09. The van der Waals surface area contributed by atoms with Gasteiger partial charge >= 0.3 is 5.97 Å². The molecular formula is C11H13NO4S. The summed E-state index contributed by atoms with van der Waals surface area (Å²) in [4.78, 5) is 24.4. The van der Waals surface area contributed by atoms with E-state index >= 15 is 0 Å². The van der Waals surface area contributed by atoms with Gasteiger partial charge < -0.3 is 14.4 Å². The lowest BCUT2D eigenvalue weighted by molar-refractivity contribution is 0.0694. The first-order valence-electron chi connectivity index (χ1n) is 5.30. The predicted octanol–water partition coefficient (Wildman–Crippen LogP) is 1.56. The van der Waals surface area contributed by atoms with Gasteiger partial charge in [0.1, 0.15) is 6.26 Å². The Morgan fingerprint density at radius 1 is 1.59 bits per heavy atom. The second-order valence-corrected chi connectivity index (χ2v) is 5.48. The Hall–Kier alpha value is -1.43. The molecule has 0 aromatic carbocycles. The molecule has 2 heterocycles. The van der Waals surface area contributed by atoms with Gasteiger partial charge in [0, 0.05) is 30.2 Å². The van der Waals surface area contributed by atoms with Gasteiger partial charge in [-0.3, -0.25) is 4.79 Å². The first kappa shape index (κ1) is 12.0. The van der Waals surface area contributed by atoms with Gasteiger partial charge in [-0.15, -0.1) is 0 Å². The maximum atomic E-state index is 12.0. The van der Waals surface area contributed by atoms with Crippen molar-refractivity contribution in [1.82, 2.24) is 4.90 Å². The zero-order valence-electron chi connectivity index (χ0n) is 9.38. The van der Waals surface area contributed by atoms with Crippen LogP contribution in [0.5, 0.6) is 0 Å². The molecule has 0 radical (unpaired) electrons. The number of furan rings is 1. The Kier molecular flexibility index (Phi) is 3.42. The first-order chi connectivity index (χ1) is 8.08. The van der Waals surface area contributed by atoms with Gasteiger partial charge in [-0.2, -0.15) is 11.8 Å². The van der Waals surface area contributed by atoms with Crippen molar-refractivity contribution in [2.75, 3.05) is 18.8 Å². The van der Waals surface area contributed by atoms with E-state index in [4.69, 9.17) is 9.52 Å². The number of hydrogen-bond acceptors (Lipinski definition) is 4. The molecule has 1 saturated heterocycles. The zero-order chi connectivity index (χ0) is 12.4. The lowest BCUT2D eigenvalue weighted by atomic mass is 10.3. The van der Waals surface area contributed by atoms with Crippen LogP contribution in [-0.2, 0) is 0 Å². The molecule has 1 N–H and O–H groups in total. The number of thioether (sulfide) groups is 1. The molecule has 1 fully saturated rings. The SMILES string of the molecule is CC1CN(C(=O)c2cc(C(=O)O)co2)CCS1. The van der Waals surface area contributed by atoms with Crippen LogP contribution in [0.3, 0.4) is 0 Å². The summed E-state index contributed by atoms with van der Waals surface area (Å²) in [5.74, 6) is -0.319. The number of nitrogens with zero attached hydrogens (tertiary/aromatic N) is 1. The van der Waals surface area contributed by atoms with Gasteiger partial charge in [0.2, 0.25) is 0 Å². The molecule has 1 unspecified atom stereocenters. The van der Waals surface area contributed by atoms with Crippen LogP contribution in [0.2, 0.25) is 0 Å². The molecule has 1 aliphatic rings. The molecule has 1 amide bonds. The van der Waals surface area contributed by atoms with Gasteiger partial charge in [0.25, 0.3) is 5.91 Å². The summed E-state index contributed by atoms with van der Waals surface area (Å²) in [5.41, 5.74) is 0.00721. The Labute approximate surface area is 103 Å². The van der Waals surface area contributed by atoms with Crippen LogP contribution in [0.1, 0.15) is 27.8 Å². The van der Waals surface area contributed by atoms with Gasteiger partial charge in [-0.05, 0) is 0 Å². The Balaban J connectivity index is 2.10. The number of carbonyl (C=O) groups is 2. The van der Waals surface area contributed by atoms with Crippen molar-refractivity contribution in [2.24, 2.45) is 0 Å².